The van der Waals surface area contributed by atoms with Crippen LogP contribution in [0, 0.1) is 17.3 Å². The van der Waals surface area contributed by atoms with Gasteiger partial charge >= 0.3 is 0 Å². The maximum Gasteiger partial charge on any atom is 0.168 e. The van der Waals surface area contributed by atoms with Crippen LogP contribution in [0.1, 0.15) is 53.4 Å². The molecule has 0 aliphatic heterocycles. The molecule has 0 radical (unpaired) electrons. The van der Waals surface area contributed by atoms with Crippen LogP contribution >= 0.6 is 0 Å². The second-order valence-corrected chi connectivity index (χ2v) is 6.73. The van der Waals surface area contributed by atoms with Gasteiger partial charge in [-0.1, -0.05) is 39.2 Å². The van der Waals surface area contributed by atoms with Crippen molar-refractivity contribution in [3.05, 3.63) is 11.6 Å². The number of carbonyl (C=O) groups is 1. The molecule has 0 aromatic carbocycles. The van der Waals surface area contributed by atoms with E-state index >= 15 is 0 Å². The molecule has 17 heavy (non-hydrogen) atoms. The predicted octanol–water partition coefficient (Wildman–Crippen LogP) is 3.10. The third kappa shape index (κ3) is 2.20. The van der Waals surface area contributed by atoms with E-state index in [0.29, 0.717) is 18.3 Å². The Kier molecular flexibility index (Phi) is 2.97. The van der Waals surface area contributed by atoms with E-state index in [9.17, 15) is 9.90 Å². The molecule has 2 aliphatic carbocycles. The minimum Gasteiger partial charge on any atom is -0.378 e. The fraction of sp³-hybridized carbons (Fsp3) is 0.800. The molecule has 0 heterocycles. The summed E-state index contributed by atoms with van der Waals surface area (Å²) >= 11 is 0. The van der Waals surface area contributed by atoms with E-state index in [1.54, 1.807) is 6.92 Å². The fourth-order valence-electron chi connectivity index (χ4n) is 3.42. The number of ketones is 1. The van der Waals surface area contributed by atoms with Gasteiger partial charge in [0.15, 0.2) is 5.78 Å². The number of aliphatic hydroxyl groups is 1. The number of hydrogen-bond acceptors (Lipinski definition) is 2. The molecule has 0 unspecified atom stereocenters. The standard InChI is InChI=1S/C15H24O2/c1-10-6-5-7-14(2,3)12-9-15(4,17)13(16)8-11(10)12/h9-11,17H,5-8H2,1-4H3/t10-,11+,15-/m1/s1. The third-order valence-corrected chi connectivity index (χ3v) is 4.74. The van der Waals surface area contributed by atoms with Crippen molar-refractivity contribution in [3.63, 3.8) is 0 Å². The highest BCUT2D eigenvalue weighted by atomic mass is 16.3. The lowest BCUT2D eigenvalue weighted by atomic mass is 9.66. The SMILES string of the molecule is C[C@@H]1CCCC(C)(C)C2=C[C@@](C)(O)C(=O)C[C@H]21. The number of hydrogen-bond donors (Lipinski definition) is 1. The van der Waals surface area contributed by atoms with Crippen molar-refractivity contribution < 1.29 is 9.90 Å². The Balaban J connectivity index is 2.47. The molecule has 2 rings (SSSR count). The predicted molar refractivity (Wildman–Crippen MR) is 68.6 cm³/mol. The van der Waals surface area contributed by atoms with Gasteiger partial charge in [0.05, 0.1) is 0 Å². The first-order chi connectivity index (χ1) is 7.74. The van der Waals surface area contributed by atoms with Crippen LogP contribution < -0.4 is 0 Å². The zero-order valence-electron chi connectivity index (χ0n) is 11.4. The minimum absolute atomic E-state index is 0.0178. The Labute approximate surface area is 104 Å². The summed E-state index contributed by atoms with van der Waals surface area (Å²) < 4.78 is 0. The zero-order valence-corrected chi connectivity index (χ0v) is 11.4. The van der Waals surface area contributed by atoms with Crippen LogP contribution in [0.3, 0.4) is 0 Å². The van der Waals surface area contributed by atoms with Gasteiger partial charge in [0.1, 0.15) is 5.60 Å². The van der Waals surface area contributed by atoms with E-state index in [1.165, 1.54) is 18.4 Å². The molecule has 96 valence electrons. The van der Waals surface area contributed by atoms with Gasteiger partial charge in [-0.05, 0) is 36.7 Å². The van der Waals surface area contributed by atoms with Gasteiger partial charge < -0.3 is 5.11 Å². The second kappa shape index (κ2) is 3.94. The van der Waals surface area contributed by atoms with Crippen molar-refractivity contribution >= 4 is 5.78 Å². The van der Waals surface area contributed by atoms with E-state index in [2.05, 4.69) is 20.8 Å². The summed E-state index contributed by atoms with van der Waals surface area (Å²) in [5.41, 5.74) is 0.194. The number of rotatable bonds is 0. The minimum atomic E-state index is -1.24. The lowest BCUT2D eigenvalue weighted by molar-refractivity contribution is -0.134. The molecule has 1 fully saturated rings. The van der Waals surface area contributed by atoms with Gasteiger partial charge in [-0.3, -0.25) is 4.79 Å². The third-order valence-electron chi connectivity index (χ3n) is 4.74. The van der Waals surface area contributed by atoms with Crippen LogP contribution in [0.2, 0.25) is 0 Å². The number of fused-ring (bicyclic) bond motifs is 1. The van der Waals surface area contributed by atoms with Crippen LogP contribution in [0.5, 0.6) is 0 Å². The number of allylic oxidation sites excluding steroid dienone is 1. The smallest absolute Gasteiger partial charge is 0.168 e. The van der Waals surface area contributed by atoms with Crippen molar-refractivity contribution in [2.75, 3.05) is 0 Å². The first kappa shape index (κ1) is 12.8. The topological polar surface area (TPSA) is 37.3 Å². The van der Waals surface area contributed by atoms with Gasteiger partial charge in [0.25, 0.3) is 0 Å². The van der Waals surface area contributed by atoms with Crippen LogP contribution in [-0.4, -0.2) is 16.5 Å². The molecule has 0 saturated heterocycles. The summed E-state index contributed by atoms with van der Waals surface area (Å²) in [6.45, 7) is 8.36. The zero-order chi connectivity index (χ0) is 12.8. The molecule has 0 bridgehead atoms. The van der Waals surface area contributed by atoms with Crippen molar-refractivity contribution in [1.82, 2.24) is 0 Å². The highest BCUT2D eigenvalue weighted by molar-refractivity contribution is 5.90. The van der Waals surface area contributed by atoms with Gasteiger partial charge in [0, 0.05) is 6.42 Å². The summed E-state index contributed by atoms with van der Waals surface area (Å²) in [7, 11) is 0. The first-order valence-corrected chi connectivity index (χ1v) is 6.73. The summed E-state index contributed by atoms with van der Waals surface area (Å²) in [5.74, 6) is 0.888. The average Bonchev–Trinajstić information content (AvgIpc) is 2.28. The Morgan fingerprint density at radius 3 is 2.65 bits per heavy atom. The van der Waals surface area contributed by atoms with Crippen molar-refractivity contribution in [2.45, 2.75) is 59.0 Å². The van der Waals surface area contributed by atoms with Crippen molar-refractivity contribution in [3.8, 4) is 0 Å². The number of Topliss-reactive ketones (excluding diaryl/α,β-unsaturated/α-hetero) is 1. The Bertz CT molecular complexity index is 363. The van der Waals surface area contributed by atoms with E-state index in [4.69, 9.17) is 0 Å². The monoisotopic (exact) mass is 236 g/mol. The maximum atomic E-state index is 11.9. The Morgan fingerprint density at radius 2 is 2.00 bits per heavy atom. The van der Waals surface area contributed by atoms with E-state index < -0.39 is 5.60 Å². The van der Waals surface area contributed by atoms with E-state index in [-0.39, 0.29) is 11.2 Å². The van der Waals surface area contributed by atoms with Crippen LogP contribution in [-0.2, 0) is 4.79 Å². The van der Waals surface area contributed by atoms with Gasteiger partial charge in [-0.2, -0.15) is 0 Å². The van der Waals surface area contributed by atoms with Crippen molar-refractivity contribution in [2.24, 2.45) is 17.3 Å². The van der Waals surface area contributed by atoms with E-state index in [1.807, 2.05) is 6.08 Å². The Morgan fingerprint density at radius 1 is 1.35 bits per heavy atom. The normalized spacial score (nSPS) is 41.5. The molecule has 0 aromatic heterocycles. The lowest BCUT2D eigenvalue weighted by Crippen LogP contribution is -2.42. The molecule has 0 spiro atoms. The quantitative estimate of drug-likeness (QED) is 0.656. The average molecular weight is 236 g/mol. The van der Waals surface area contributed by atoms with Gasteiger partial charge in [0.2, 0.25) is 0 Å². The largest absolute Gasteiger partial charge is 0.378 e. The summed E-state index contributed by atoms with van der Waals surface area (Å²) in [4.78, 5) is 11.9. The molecular formula is C15H24O2. The molecule has 0 aromatic rings. The lowest BCUT2D eigenvalue weighted by Gasteiger charge is -2.39. The molecule has 3 atom stereocenters. The molecule has 2 aliphatic rings. The second-order valence-electron chi connectivity index (χ2n) is 6.73. The molecular weight excluding hydrogens is 212 g/mol. The molecule has 2 nitrogen and oxygen atoms in total. The maximum absolute atomic E-state index is 11.9. The summed E-state index contributed by atoms with van der Waals surface area (Å²) in [6, 6.07) is 0. The number of carbonyl (C=O) groups excluding carboxylic acids is 1. The molecule has 0 amide bonds. The van der Waals surface area contributed by atoms with Crippen LogP contribution in [0.25, 0.3) is 0 Å². The van der Waals surface area contributed by atoms with Crippen LogP contribution in [0.4, 0.5) is 0 Å². The van der Waals surface area contributed by atoms with Gasteiger partial charge in [-0.25, -0.2) is 0 Å². The summed E-state index contributed by atoms with van der Waals surface area (Å²) in [5, 5.41) is 10.2. The van der Waals surface area contributed by atoms with E-state index in [0.717, 1.165) is 6.42 Å². The molecule has 2 heteroatoms. The molecule has 1 N–H and O–H groups in total. The summed E-state index contributed by atoms with van der Waals surface area (Å²) in [6.07, 6.45) is 5.94. The highest BCUT2D eigenvalue weighted by Crippen LogP contribution is 2.48. The van der Waals surface area contributed by atoms with Crippen LogP contribution in [0.15, 0.2) is 11.6 Å². The van der Waals surface area contributed by atoms with Gasteiger partial charge in [-0.15, -0.1) is 0 Å². The van der Waals surface area contributed by atoms with Crippen molar-refractivity contribution in [1.29, 1.82) is 0 Å². The fourth-order valence-corrected chi connectivity index (χ4v) is 3.42. The highest BCUT2D eigenvalue weighted by Gasteiger charge is 2.44. The molecule has 1 saturated carbocycles. The Hall–Kier alpha value is -0.630. The first-order valence-electron chi connectivity index (χ1n) is 6.73.